The van der Waals surface area contributed by atoms with Crippen molar-refractivity contribution in [1.29, 1.82) is 0 Å². The number of carbonyl (C=O) groups is 1. The second-order valence-corrected chi connectivity index (χ2v) is 5.44. The Kier molecular flexibility index (Phi) is 2.95. The molecule has 0 bridgehead atoms. The van der Waals surface area contributed by atoms with Crippen molar-refractivity contribution < 1.29 is 4.79 Å². The zero-order valence-corrected chi connectivity index (χ0v) is 10.6. The molecule has 2 rings (SSSR count). The molecule has 0 aliphatic carbocycles. The fourth-order valence-electron chi connectivity index (χ4n) is 1.62. The number of hydrogen-bond donors (Lipinski definition) is 2. The largest absolute Gasteiger partial charge is 0.324 e. The van der Waals surface area contributed by atoms with Gasteiger partial charge in [-0.3, -0.25) is 4.79 Å². The summed E-state index contributed by atoms with van der Waals surface area (Å²) in [5.41, 5.74) is 2.03. The lowest BCUT2D eigenvalue weighted by molar-refractivity contribution is -0.113. The summed E-state index contributed by atoms with van der Waals surface area (Å²) in [6, 6.07) is 6.24. The van der Waals surface area contributed by atoms with Gasteiger partial charge in [0.25, 0.3) is 0 Å². The molecule has 1 aromatic rings. The molecule has 86 valence electrons. The minimum Gasteiger partial charge on any atom is -0.324 e. The quantitative estimate of drug-likeness (QED) is 0.827. The minimum atomic E-state index is -0.0815. The van der Waals surface area contributed by atoms with Gasteiger partial charge in [-0.05, 0) is 38.6 Å². The molecule has 4 heteroatoms. The van der Waals surface area contributed by atoms with Crippen molar-refractivity contribution in [2.24, 2.45) is 0 Å². The van der Waals surface area contributed by atoms with Gasteiger partial charge in [0.15, 0.2) is 0 Å². The van der Waals surface area contributed by atoms with Crippen LogP contribution in [-0.2, 0) is 10.3 Å². The van der Waals surface area contributed by atoms with Crippen LogP contribution in [0.15, 0.2) is 23.1 Å². The van der Waals surface area contributed by atoms with E-state index in [0.29, 0.717) is 5.75 Å². The lowest BCUT2D eigenvalue weighted by Gasteiger charge is -2.27. The van der Waals surface area contributed by atoms with E-state index < -0.39 is 0 Å². The standard InChI is InChI=1S/C12H16N2OS/c1-12(2,13-3)8-4-5-10-9(6-8)14-11(15)7-16-10/h4-6,13H,7H2,1-3H3,(H,14,15). The predicted octanol–water partition coefficient (Wildman–Crippen LogP) is 2.19. The molecular weight excluding hydrogens is 220 g/mol. The topological polar surface area (TPSA) is 41.1 Å². The number of anilines is 1. The van der Waals surface area contributed by atoms with E-state index in [1.54, 1.807) is 11.8 Å². The van der Waals surface area contributed by atoms with Crippen LogP contribution in [0, 0.1) is 0 Å². The zero-order valence-electron chi connectivity index (χ0n) is 9.76. The third-order valence-corrected chi connectivity index (χ3v) is 4.03. The van der Waals surface area contributed by atoms with Gasteiger partial charge in [-0.1, -0.05) is 6.07 Å². The van der Waals surface area contributed by atoms with E-state index in [1.807, 2.05) is 7.05 Å². The molecule has 0 saturated carbocycles. The van der Waals surface area contributed by atoms with Gasteiger partial charge in [-0.2, -0.15) is 0 Å². The summed E-state index contributed by atoms with van der Waals surface area (Å²) in [6.07, 6.45) is 0. The third-order valence-electron chi connectivity index (χ3n) is 2.96. The molecule has 3 nitrogen and oxygen atoms in total. The Bertz CT molecular complexity index is 429. The van der Waals surface area contributed by atoms with Crippen molar-refractivity contribution in [1.82, 2.24) is 5.32 Å². The number of benzene rings is 1. The van der Waals surface area contributed by atoms with Crippen molar-refractivity contribution in [2.45, 2.75) is 24.3 Å². The van der Waals surface area contributed by atoms with Crippen LogP contribution in [0.25, 0.3) is 0 Å². The highest BCUT2D eigenvalue weighted by atomic mass is 32.2. The van der Waals surface area contributed by atoms with Crippen LogP contribution in [0.3, 0.4) is 0 Å². The minimum absolute atomic E-state index is 0.0805. The molecule has 16 heavy (non-hydrogen) atoms. The van der Waals surface area contributed by atoms with Gasteiger partial charge in [0.2, 0.25) is 5.91 Å². The number of hydrogen-bond acceptors (Lipinski definition) is 3. The average molecular weight is 236 g/mol. The van der Waals surface area contributed by atoms with Crippen molar-refractivity contribution in [3.63, 3.8) is 0 Å². The molecule has 0 atom stereocenters. The first kappa shape index (κ1) is 11.5. The van der Waals surface area contributed by atoms with Crippen molar-refractivity contribution in [2.75, 3.05) is 18.1 Å². The van der Waals surface area contributed by atoms with Gasteiger partial charge < -0.3 is 10.6 Å². The molecular formula is C12H16N2OS. The van der Waals surface area contributed by atoms with E-state index in [9.17, 15) is 4.79 Å². The van der Waals surface area contributed by atoms with Crippen LogP contribution in [0.1, 0.15) is 19.4 Å². The van der Waals surface area contributed by atoms with Crippen molar-refractivity contribution in [3.05, 3.63) is 23.8 Å². The average Bonchev–Trinajstić information content (AvgIpc) is 2.28. The molecule has 1 amide bonds. The van der Waals surface area contributed by atoms with E-state index in [4.69, 9.17) is 0 Å². The lowest BCUT2D eigenvalue weighted by atomic mass is 9.94. The molecule has 0 saturated heterocycles. The van der Waals surface area contributed by atoms with Crippen LogP contribution in [0.2, 0.25) is 0 Å². The summed E-state index contributed by atoms with van der Waals surface area (Å²) in [6.45, 7) is 4.24. The highest BCUT2D eigenvalue weighted by Crippen LogP contribution is 2.34. The summed E-state index contributed by atoms with van der Waals surface area (Å²) >= 11 is 1.59. The highest BCUT2D eigenvalue weighted by Gasteiger charge is 2.21. The number of thioether (sulfide) groups is 1. The Labute approximate surface area is 100.0 Å². The highest BCUT2D eigenvalue weighted by molar-refractivity contribution is 8.00. The molecule has 0 spiro atoms. The zero-order chi connectivity index (χ0) is 11.8. The van der Waals surface area contributed by atoms with E-state index in [0.717, 1.165) is 10.6 Å². The molecule has 0 radical (unpaired) electrons. The molecule has 1 aromatic carbocycles. The first-order valence-electron chi connectivity index (χ1n) is 5.29. The van der Waals surface area contributed by atoms with Crippen LogP contribution in [-0.4, -0.2) is 18.7 Å². The maximum absolute atomic E-state index is 11.3. The van der Waals surface area contributed by atoms with Crippen LogP contribution in [0.5, 0.6) is 0 Å². The first-order valence-corrected chi connectivity index (χ1v) is 6.27. The first-order chi connectivity index (χ1) is 7.53. The van der Waals surface area contributed by atoms with Gasteiger partial charge in [0.05, 0.1) is 11.4 Å². The summed E-state index contributed by atoms with van der Waals surface area (Å²) < 4.78 is 0. The van der Waals surface area contributed by atoms with Crippen molar-refractivity contribution in [3.8, 4) is 0 Å². The van der Waals surface area contributed by atoms with Gasteiger partial charge in [0, 0.05) is 10.4 Å². The normalized spacial score (nSPS) is 15.6. The second kappa shape index (κ2) is 4.11. The van der Waals surface area contributed by atoms with Crippen molar-refractivity contribution >= 4 is 23.4 Å². The lowest BCUT2D eigenvalue weighted by Crippen LogP contribution is -2.33. The molecule has 1 heterocycles. The predicted molar refractivity (Wildman–Crippen MR) is 67.9 cm³/mol. The van der Waals surface area contributed by atoms with E-state index in [1.165, 1.54) is 5.56 Å². The van der Waals surface area contributed by atoms with Gasteiger partial charge in [-0.25, -0.2) is 0 Å². The van der Waals surface area contributed by atoms with Crippen LogP contribution in [0.4, 0.5) is 5.69 Å². The maximum atomic E-state index is 11.3. The van der Waals surface area contributed by atoms with Crippen LogP contribution < -0.4 is 10.6 Å². The van der Waals surface area contributed by atoms with Gasteiger partial charge in [-0.15, -0.1) is 11.8 Å². The second-order valence-electron chi connectivity index (χ2n) is 4.42. The van der Waals surface area contributed by atoms with E-state index in [-0.39, 0.29) is 11.4 Å². The molecule has 0 unspecified atom stereocenters. The molecule has 1 aliphatic heterocycles. The number of nitrogens with one attached hydrogen (secondary N) is 2. The number of fused-ring (bicyclic) bond motifs is 1. The Morgan fingerprint density at radius 1 is 1.44 bits per heavy atom. The number of carbonyl (C=O) groups excluding carboxylic acids is 1. The summed E-state index contributed by atoms with van der Waals surface area (Å²) in [7, 11) is 1.94. The smallest absolute Gasteiger partial charge is 0.234 e. The summed E-state index contributed by atoms with van der Waals surface area (Å²) in [5, 5.41) is 6.17. The third kappa shape index (κ3) is 2.08. The van der Waals surface area contributed by atoms with Crippen LogP contribution >= 0.6 is 11.8 Å². The van der Waals surface area contributed by atoms with Gasteiger partial charge >= 0.3 is 0 Å². The number of amides is 1. The molecule has 0 aromatic heterocycles. The maximum Gasteiger partial charge on any atom is 0.234 e. The summed E-state index contributed by atoms with van der Waals surface area (Å²) in [4.78, 5) is 12.5. The van der Waals surface area contributed by atoms with E-state index in [2.05, 4.69) is 42.7 Å². The Balaban J connectivity index is 2.38. The molecule has 1 aliphatic rings. The van der Waals surface area contributed by atoms with E-state index >= 15 is 0 Å². The SMILES string of the molecule is CNC(C)(C)c1ccc2c(c1)NC(=O)CS2. The Hall–Kier alpha value is -1.000. The monoisotopic (exact) mass is 236 g/mol. The fourth-order valence-corrected chi connectivity index (χ4v) is 2.40. The molecule has 0 fully saturated rings. The fraction of sp³-hybridized carbons (Fsp3) is 0.417. The summed E-state index contributed by atoms with van der Waals surface area (Å²) in [5.74, 6) is 0.596. The molecule has 2 N–H and O–H groups in total. The Morgan fingerprint density at radius 3 is 2.88 bits per heavy atom. The Morgan fingerprint density at radius 2 is 2.19 bits per heavy atom. The number of rotatable bonds is 2. The van der Waals surface area contributed by atoms with Gasteiger partial charge in [0.1, 0.15) is 0 Å².